The summed E-state index contributed by atoms with van der Waals surface area (Å²) >= 11 is 0. The summed E-state index contributed by atoms with van der Waals surface area (Å²) in [6.45, 7) is 1.32. The standard InChI is InChI=1S/C15H17BO6/c1-2-10(15(19)20)3-4-13(9-18)22-12-5-6-14(16-21)11(7-12)8-17/h2-7,9,16-18,21H,8H2,1H3,(H,19,20)/b4-3-,10-2+,13-9-. The third-order valence-electron chi connectivity index (χ3n) is 2.87. The number of ether oxygens (including phenoxy) is 1. The molecule has 6 nitrogen and oxygen atoms in total. The number of aliphatic carboxylic acids is 1. The second-order valence-corrected chi connectivity index (χ2v) is 4.26. The molecule has 0 aliphatic carbocycles. The molecule has 0 aliphatic heterocycles. The van der Waals surface area contributed by atoms with Crippen molar-refractivity contribution >= 4 is 18.9 Å². The zero-order valence-electron chi connectivity index (χ0n) is 12.1. The highest BCUT2D eigenvalue weighted by Gasteiger charge is 2.06. The molecule has 0 aromatic heterocycles. The van der Waals surface area contributed by atoms with E-state index >= 15 is 0 Å². The Kier molecular flexibility index (Phi) is 6.95. The Bertz CT molecular complexity index is 618. The zero-order valence-corrected chi connectivity index (χ0v) is 12.1. The van der Waals surface area contributed by atoms with Crippen molar-refractivity contribution in [3.05, 3.63) is 59.6 Å². The lowest BCUT2D eigenvalue weighted by molar-refractivity contribution is -0.132. The van der Waals surface area contributed by atoms with Crippen molar-refractivity contribution in [2.45, 2.75) is 13.5 Å². The SMILES string of the molecule is C\C=C(/C=C\C(=C\O)Oc1ccc(BO)c(CO)c1)C(=O)O. The molecule has 1 aromatic carbocycles. The Hall–Kier alpha value is -2.51. The molecule has 4 N–H and O–H groups in total. The van der Waals surface area contributed by atoms with Crippen molar-refractivity contribution in [2.75, 3.05) is 0 Å². The van der Waals surface area contributed by atoms with Gasteiger partial charge in [0.05, 0.1) is 12.2 Å². The van der Waals surface area contributed by atoms with Gasteiger partial charge in [0.25, 0.3) is 0 Å². The zero-order chi connectivity index (χ0) is 16.5. The smallest absolute Gasteiger partial charge is 0.335 e. The van der Waals surface area contributed by atoms with E-state index in [4.69, 9.17) is 20.0 Å². The van der Waals surface area contributed by atoms with E-state index in [1.807, 2.05) is 0 Å². The van der Waals surface area contributed by atoms with E-state index in [1.54, 1.807) is 19.1 Å². The van der Waals surface area contributed by atoms with Crippen molar-refractivity contribution in [1.29, 1.82) is 0 Å². The lowest BCUT2D eigenvalue weighted by Crippen LogP contribution is -2.19. The number of carboxylic acids is 1. The van der Waals surface area contributed by atoms with E-state index in [-0.39, 0.29) is 25.4 Å². The minimum atomic E-state index is -1.09. The summed E-state index contributed by atoms with van der Waals surface area (Å²) in [6, 6.07) is 4.68. The Morgan fingerprint density at radius 2 is 2.09 bits per heavy atom. The fourth-order valence-electron chi connectivity index (χ4n) is 1.67. The van der Waals surface area contributed by atoms with Crippen LogP contribution in [0.15, 0.2) is 54.0 Å². The van der Waals surface area contributed by atoms with Crippen LogP contribution >= 0.6 is 0 Å². The highest BCUT2D eigenvalue weighted by atomic mass is 16.5. The summed E-state index contributed by atoms with van der Waals surface area (Å²) in [5, 5.41) is 36.4. The molecule has 22 heavy (non-hydrogen) atoms. The van der Waals surface area contributed by atoms with Crippen LogP contribution < -0.4 is 10.2 Å². The quantitative estimate of drug-likeness (QED) is 0.253. The summed E-state index contributed by atoms with van der Waals surface area (Å²) in [5.41, 5.74) is 1.12. The number of hydrogen-bond donors (Lipinski definition) is 4. The highest BCUT2D eigenvalue weighted by molar-refractivity contribution is 6.46. The molecule has 0 aliphatic rings. The number of benzene rings is 1. The second-order valence-electron chi connectivity index (χ2n) is 4.26. The maximum atomic E-state index is 10.8. The van der Waals surface area contributed by atoms with Crippen LogP contribution in [0.25, 0.3) is 0 Å². The van der Waals surface area contributed by atoms with Gasteiger partial charge in [0.2, 0.25) is 0 Å². The van der Waals surface area contributed by atoms with Gasteiger partial charge >= 0.3 is 13.5 Å². The van der Waals surface area contributed by atoms with Gasteiger partial charge in [-0.2, -0.15) is 0 Å². The van der Waals surface area contributed by atoms with Gasteiger partial charge in [0, 0.05) is 0 Å². The summed E-state index contributed by atoms with van der Waals surface area (Å²) in [5.74, 6) is -0.726. The molecule has 0 atom stereocenters. The molecular formula is C15H17BO6. The van der Waals surface area contributed by atoms with E-state index in [9.17, 15) is 9.90 Å². The predicted octanol–water partition coefficient (Wildman–Crippen LogP) is 0.513. The van der Waals surface area contributed by atoms with Gasteiger partial charge in [0.15, 0.2) is 5.76 Å². The number of aliphatic hydroxyl groups excluding tert-OH is 2. The van der Waals surface area contributed by atoms with Crippen LogP contribution in [0, 0.1) is 0 Å². The van der Waals surface area contributed by atoms with Crippen LogP contribution in [-0.2, 0) is 11.4 Å². The molecule has 0 saturated carbocycles. The number of carbonyl (C=O) groups is 1. The summed E-state index contributed by atoms with van der Waals surface area (Å²) in [7, 11) is -0.206. The number of hydrogen-bond acceptors (Lipinski definition) is 5. The predicted molar refractivity (Wildman–Crippen MR) is 83.2 cm³/mol. The Balaban J connectivity index is 2.92. The van der Waals surface area contributed by atoms with Crippen LogP contribution in [0.2, 0.25) is 0 Å². The fourth-order valence-corrected chi connectivity index (χ4v) is 1.67. The van der Waals surface area contributed by atoms with Gasteiger partial charge in [-0.25, -0.2) is 4.79 Å². The molecule has 1 aromatic rings. The first-order chi connectivity index (χ1) is 10.5. The van der Waals surface area contributed by atoms with Crippen LogP contribution in [0.1, 0.15) is 12.5 Å². The number of allylic oxidation sites excluding steroid dienone is 2. The number of aliphatic hydroxyl groups is 2. The molecule has 0 heterocycles. The maximum absolute atomic E-state index is 10.8. The molecule has 0 saturated heterocycles. The van der Waals surface area contributed by atoms with Gasteiger partial charge in [0.1, 0.15) is 12.0 Å². The van der Waals surface area contributed by atoms with E-state index in [1.165, 1.54) is 24.3 Å². The first-order valence-electron chi connectivity index (χ1n) is 6.49. The van der Waals surface area contributed by atoms with Crippen LogP contribution in [0.3, 0.4) is 0 Å². The molecule has 1 rings (SSSR count). The molecule has 0 bridgehead atoms. The average molecular weight is 304 g/mol. The number of carboxylic acid groups (broad SMARTS) is 1. The minimum absolute atomic E-state index is 0.0289. The average Bonchev–Trinajstić information content (AvgIpc) is 2.53. The van der Waals surface area contributed by atoms with Gasteiger partial charge in [-0.15, -0.1) is 0 Å². The molecule has 116 valence electrons. The third kappa shape index (κ3) is 4.80. The first kappa shape index (κ1) is 17.5. The molecule has 0 unspecified atom stereocenters. The topological polar surface area (TPSA) is 107 Å². The molecular weight excluding hydrogens is 287 g/mol. The monoisotopic (exact) mass is 304 g/mol. The van der Waals surface area contributed by atoms with Gasteiger partial charge < -0.3 is 25.1 Å². The largest absolute Gasteiger partial charge is 0.512 e. The normalized spacial score (nSPS) is 12.5. The Morgan fingerprint density at radius 3 is 2.59 bits per heavy atom. The third-order valence-corrected chi connectivity index (χ3v) is 2.87. The van der Waals surface area contributed by atoms with Crippen LogP contribution in [0.4, 0.5) is 0 Å². The Morgan fingerprint density at radius 1 is 1.36 bits per heavy atom. The lowest BCUT2D eigenvalue weighted by Gasteiger charge is -2.09. The highest BCUT2D eigenvalue weighted by Crippen LogP contribution is 2.16. The van der Waals surface area contributed by atoms with Crippen LogP contribution in [0.5, 0.6) is 5.75 Å². The van der Waals surface area contributed by atoms with E-state index in [2.05, 4.69) is 0 Å². The van der Waals surface area contributed by atoms with E-state index in [0.29, 0.717) is 23.0 Å². The maximum Gasteiger partial charge on any atom is 0.335 e. The summed E-state index contributed by atoms with van der Waals surface area (Å²) in [4.78, 5) is 10.8. The summed E-state index contributed by atoms with van der Waals surface area (Å²) < 4.78 is 5.39. The number of rotatable bonds is 7. The van der Waals surface area contributed by atoms with Gasteiger partial charge in [-0.1, -0.05) is 12.1 Å². The van der Waals surface area contributed by atoms with Gasteiger partial charge in [-0.05, 0) is 42.2 Å². The van der Waals surface area contributed by atoms with Gasteiger partial charge in [-0.3, -0.25) is 0 Å². The minimum Gasteiger partial charge on any atom is -0.512 e. The Labute approximate surface area is 128 Å². The first-order valence-corrected chi connectivity index (χ1v) is 6.49. The van der Waals surface area contributed by atoms with E-state index in [0.717, 1.165) is 0 Å². The van der Waals surface area contributed by atoms with Crippen molar-refractivity contribution in [3.8, 4) is 5.75 Å². The lowest BCUT2D eigenvalue weighted by atomic mass is 9.84. The molecule has 0 amide bonds. The molecule has 0 radical (unpaired) electrons. The van der Waals surface area contributed by atoms with Crippen molar-refractivity contribution in [3.63, 3.8) is 0 Å². The van der Waals surface area contributed by atoms with Crippen molar-refractivity contribution in [2.24, 2.45) is 0 Å². The van der Waals surface area contributed by atoms with Crippen molar-refractivity contribution < 1.29 is 29.9 Å². The fraction of sp³-hybridized carbons (Fsp3) is 0.133. The molecule has 7 heteroatoms. The molecule has 0 fully saturated rings. The second kappa shape index (κ2) is 8.71. The summed E-state index contributed by atoms with van der Waals surface area (Å²) in [6.07, 6.45) is 4.71. The van der Waals surface area contributed by atoms with E-state index < -0.39 is 5.97 Å². The molecule has 0 spiro atoms. The van der Waals surface area contributed by atoms with Crippen molar-refractivity contribution in [1.82, 2.24) is 0 Å². The van der Waals surface area contributed by atoms with Crippen LogP contribution in [-0.4, -0.2) is 33.8 Å².